The minimum absolute atomic E-state index is 0.568. The second kappa shape index (κ2) is 4.03. The fourth-order valence-electron chi connectivity index (χ4n) is 2.51. The third-order valence-electron chi connectivity index (χ3n) is 3.39. The normalized spacial score (nSPS) is 14.9. The molecule has 96 valence electrons. The Morgan fingerprint density at radius 1 is 1.37 bits per heavy atom. The second-order valence-electron chi connectivity index (χ2n) is 4.62. The van der Waals surface area contributed by atoms with Crippen molar-refractivity contribution in [2.45, 2.75) is 19.9 Å². The van der Waals surface area contributed by atoms with E-state index < -0.39 is 0 Å². The van der Waals surface area contributed by atoms with E-state index in [1.807, 2.05) is 18.3 Å². The van der Waals surface area contributed by atoms with Gasteiger partial charge in [0.15, 0.2) is 17.2 Å². The van der Waals surface area contributed by atoms with Gasteiger partial charge in [0.2, 0.25) is 0 Å². The molecule has 3 aromatic rings. The van der Waals surface area contributed by atoms with Crippen molar-refractivity contribution >= 4 is 28.4 Å². The molecule has 0 fully saturated rings. The van der Waals surface area contributed by atoms with Gasteiger partial charge >= 0.3 is 0 Å². The Morgan fingerprint density at radius 3 is 3.26 bits per heavy atom. The lowest BCUT2D eigenvalue weighted by Crippen LogP contribution is -2.30. The Kier molecular flexibility index (Phi) is 2.32. The average molecular weight is 272 g/mol. The van der Waals surface area contributed by atoms with E-state index in [1.165, 1.54) is 10.4 Å². The third kappa shape index (κ3) is 1.71. The van der Waals surface area contributed by atoms with E-state index in [-0.39, 0.29) is 0 Å². The average Bonchev–Trinajstić information content (AvgIpc) is 3.01. The predicted octanol–water partition coefficient (Wildman–Crippen LogP) is 2.55. The molecule has 0 saturated carbocycles. The van der Waals surface area contributed by atoms with Crippen LogP contribution in [0.1, 0.15) is 16.3 Å². The van der Waals surface area contributed by atoms with Gasteiger partial charge in [0.1, 0.15) is 6.33 Å². The number of thiophene rings is 1. The first kappa shape index (κ1) is 10.9. The summed E-state index contributed by atoms with van der Waals surface area (Å²) in [5, 5.41) is 2.16. The number of hydrogen-bond acceptors (Lipinski definition) is 6. The number of nitrogens with zero attached hydrogens (tertiary/aromatic N) is 4. The van der Waals surface area contributed by atoms with Crippen LogP contribution in [0, 0.1) is 6.92 Å². The van der Waals surface area contributed by atoms with Crippen LogP contribution < -0.4 is 4.90 Å². The van der Waals surface area contributed by atoms with Crippen LogP contribution in [0.15, 0.2) is 22.2 Å². The minimum Gasteiger partial charge on any atom is -0.422 e. The van der Waals surface area contributed by atoms with Gasteiger partial charge in [0.05, 0.1) is 0 Å². The highest BCUT2D eigenvalue weighted by Crippen LogP contribution is 2.30. The molecule has 6 heteroatoms. The summed E-state index contributed by atoms with van der Waals surface area (Å²) in [4.78, 5) is 16.7. The molecule has 5 nitrogen and oxygen atoms in total. The molecule has 0 unspecified atom stereocenters. The summed E-state index contributed by atoms with van der Waals surface area (Å²) < 4.78 is 5.47. The Labute approximate surface area is 113 Å². The van der Waals surface area contributed by atoms with Crippen LogP contribution in [0.25, 0.3) is 11.2 Å². The van der Waals surface area contributed by atoms with Crippen molar-refractivity contribution in [2.24, 2.45) is 0 Å². The smallest absolute Gasteiger partial charge is 0.252 e. The molecule has 1 aliphatic heterocycles. The summed E-state index contributed by atoms with van der Waals surface area (Å²) >= 11 is 1.84. The first-order chi connectivity index (χ1) is 9.31. The van der Waals surface area contributed by atoms with Crippen molar-refractivity contribution in [3.63, 3.8) is 0 Å². The SMILES string of the molecule is Cc1nc2c(N3CCc4sccc4C3)ncnc2o1. The van der Waals surface area contributed by atoms with Gasteiger partial charge in [-0.2, -0.15) is 4.98 Å². The van der Waals surface area contributed by atoms with Gasteiger partial charge in [-0.1, -0.05) is 0 Å². The van der Waals surface area contributed by atoms with Gasteiger partial charge in [0, 0.05) is 24.9 Å². The number of rotatable bonds is 1. The summed E-state index contributed by atoms with van der Waals surface area (Å²) in [5.41, 5.74) is 2.72. The zero-order chi connectivity index (χ0) is 12.8. The Hall–Kier alpha value is -1.95. The number of oxazole rings is 1. The molecule has 0 radical (unpaired) electrons. The van der Waals surface area contributed by atoms with Crippen LogP contribution in [-0.4, -0.2) is 21.5 Å². The fraction of sp³-hybridized carbons (Fsp3) is 0.308. The molecule has 0 N–H and O–H groups in total. The molecule has 19 heavy (non-hydrogen) atoms. The fourth-order valence-corrected chi connectivity index (χ4v) is 3.40. The highest BCUT2D eigenvalue weighted by atomic mass is 32.1. The minimum atomic E-state index is 0.568. The Bertz CT molecular complexity index is 748. The lowest BCUT2D eigenvalue weighted by molar-refractivity contribution is 0.551. The number of anilines is 1. The number of aromatic nitrogens is 3. The van der Waals surface area contributed by atoms with E-state index >= 15 is 0 Å². The van der Waals surface area contributed by atoms with Crippen molar-refractivity contribution in [2.75, 3.05) is 11.4 Å². The molecule has 0 bridgehead atoms. The van der Waals surface area contributed by atoms with E-state index in [9.17, 15) is 0 Å². The van der Waals surface area contributed by atoms with Gasteiger partial charge in [0.25, 0.3) is 5.71 Å². The summed E-state index contributed by atoms with van der Waals surface area (Å²) in [7, 11) is 0. The molecular formula is C13H12N4OS. The largest absolute Gasteiger partial charge is 0.422 e. The summed E-state index contributed by atoms with van der Waals surface area (Å²) in [5.74, 6) is 1.50. The first-order valence-corrected chi connectivity index (χ1v) is 7.07. The maximum atomic E-state index is 5.47. The van der Waals surface area contributed by atoms with Gasteiger partial charge < -0.3 is 9.32 Å². The van der Waals surface area contributed by atoms with Gasteiger partial charge in [-0.25, -0.2) is 9.97 Å². The summed E-state index contributed by atoms with van der Waals surface area (Å²) in [6, 6.07) is 2.19. The molecule has 0 aliphatic carbocycles. The van der Waals surface area contributed by atoms with Crippen LogP contribution in [0.5, 0.6) is 0 Å². The van der Waals surface area contributed by atoms with E-state index in [0.29, 0.717) is 11.6 Å². The molecule has 0 aromatic carbocycles. The zero-order valence-corrected chi connectivity index (χ0v) is 11.3. The highest BCUT2D eigenvalue weighted by Gasteiger charge is 2.22. The van der Waals surface area contributed by atoms with E-state index in [4.69, 9.17) is 4.42 Å². The van der Waals surface area contributed by atoms with E-state index in [0.717, 1.165) is 30.8 Å². The lowest BCUT2D eigenvalue weighted by atomic mass is 10.1. The topological polar surface area (TPSA) is 55.1 Å². The van der Waals surface area contributed by atoms with Crippen LogP contribution in [0.3, 0.4) is 0 Å². The van der Waals surface area contributed by atoms with Crippen LogP contribution >= 0.6 is 11.3 Å². The highest BCUT2D eigenvalue weighted by molar-refractivity contribution is 7.10. The molecular weight excluding hydrogens is 260 g/mol. The van der Waals surface area contributed by atoms with E-state index in [2.05, 4.69) is 31.3 Å². The van der Waals surface area contributed by atoms with Gasteiger partial charge in [-0.05, 0) is 23.4 Å². The quantitative estimate of drug-likeness (QED) is 0.681. The Morgan fingerprint density at radius 2 is 2.32 bits per heavy atom. The van der Waals surface area contributed by atoms with Crippen LogP contribution in [0.4, 0.5) is 5.82 Å². The zero-order valence-electron chi connectivity index (χ0n) is 10.5. The van der Waals surface area contributed by atoms with Crippen molar-refractivity contribution in [3.05, 3.63) is 34.1 Å². The third-order valence-corrected chi connectivity index (χ3v) is 4.41. The molecule has 0 spiro atoms. The molecule has 4 heterocycles. The molecule has 0 amide bonds. The van der Waals surface area contributed by atoms with Crippen LogP contribution in [0.2, 0.25) is 0 Å². The van der Waals surface area contributed by atoms with Crippen molar-refractivity contribution in [3.8, 4) is 0 Å². The number of fused-ring (bicyclic) bond motifs is 2. The standard InChI is InChI=1S/C13H12N4OS/c1-8-16-11-12(14-7-15-13(11)18-8)17-4-2-10-9(6-17)3-5-19-10/h3,5,7H,2,4,6H2,1H3. The Balaban J connectivity index is 1.79. The second-order valence-corrected chi connectivity index (χ2v) is 5.63. The predicted molar refractivity (Wildman–Crippen MR) is 73.4 cm³/mol. The van der Waals surface area contributed by atoms with Crippen molar-refractivity contribution in [1.82, 2.24) is 15.0 Å². The maximum Gasteiger partial charge on any atom is 0.252 e. The van der Waals surface area contributed by atoms with Gasteiger partial charge in [-0.15, -0.1) is 11.3 Å². The molecule has 3 aromatic heterocycles. The maximum absolute atomic E-state index is 5.47. The van der Waals surface area contributed by atoms with Crippen molar-refractivity contribution < 1.29 is 4.42 Å². The monoisotopic (exact) mass is 272 g/mol. The molecule has 1 aliphatic rings. The molecule has 4 rings (SSSR count). The first-order valence-electron chi connectivity index (χ1n) is 6.19. The van der Waals surface area contributed by atoms with E-state index in [1.54, 1.807) is 6.33 Å². The summed E-state index contributed by atoms with van der Waals surface area (Å²) in [6.07, 6.45) is 2.61. The lowest BCUT2D eigenvalue weighted by Gasteiger charge is -2.27. The molecule has 0 saturated heterocycles. The number of hydrogen-bond donors (Lipinski definition) is 0. The number of aryl methyl sites for hydroxylation is 1. The molecule has 0 atom stereocenters. The van der Waals surface area contributed by atoms with Gasteiger partial charge in [-0.3, -0.25) is 0 Å². The van der Waals surface area contributed by atoms with Crippen LogP contribution in [-0.2, 0) is 13.0 Å². The summed E-state index contributed by atoms with van der Waals surface area (Å²) in [6.45, 7) is 3.68. The van der Waals surface area contributed by atoms with Crippen molar-refractivity contribution in [1.29, 1.82) is 0 Å².